The summed E-state index contributed by atoms with van der Waals surface area (Å²) in [6, 6.07) is 22.8. The van der Waals surface area contributed by atoms with Crippen LogP contribution >= 0.6 is 15.9 Å². The summed E-state index contributed by atoms with van der Waals surface area (Å²) in [6.07, 6.45) is 0. The van der Waals surface area contributed by atoms with Gasteiger partial charge in [-0.1, -0.05) is 58.4 Å². The van der Waals surface area contributed by atoms with Gasteiger partial charge in [0.1, 0.15) is 5.82 Å². The molecule has 0 saturated carbocycles. The molecule has 0 amide bonds. The maximum Gasteiger partial charge on any atom is 0.193 e. The van der Waals surface area contributed by atoms with E-state index in [4.69, 9.17) is 0 Å². The molecule has 0 aliphatic heterocycles. The van der Waals surface area contributed by atoms with Gasteiger partial charge in [0.25, 0.3) is 0 Å². The summed E-state index contributed by atoms with van der Waals surface area (Å²) in [7, 11) is 0. The second-order valence-corrected chi connectivity index (χ2v) is 6.44. The first-order valence-corrected chi connectivity index (χ1v) is 8.35. The predicted molar refractivity (Wildman–Crippen MR) is 99.1 cm³/mol. The number of halogens is 1. The average molecular weight is 377 g/mol. The Bertz CT molecular complexity index is 1040. The smallest absolute Gasteiger partial charge is 0.193 e. The van der Waals surface area contributed by atoms with E-state index in [0.717, 1.165) is 26.9 Å². The van der Waals surface area contributed by atoms with Gasteiger partial charge < -0.3 is 4.98 Å². The maximum absolute atomic E-state index is 12.6. The van der Waals surface area contributed by atoms with E-state index in [0.29, 0.717) is 11.1 Å². The van der Waals surface area contributed by atoms with Crippen molar-refractivity contribution in [1.82, 2.24) is 9.97 Å². The number of hydrogen-bond acceptors (Lipinski definition) is 2. The summed E-state index contributed by atoms with van der Waals surface area (Å²) in [5.41, 5.74) is 4.03. The zero-order chi connectivity index (χ0) is 16.5. The minimum Gasteiger partial charge on any atom is -0.338 e. The first-order chi connectivity index (χ1) is 11.7. The van der Waals surface area contributed by atoms with E-state index < -0.39 is 0 Å². The molecule has 0 saturated heterocycles. The Morgan fingerprint density at radius 2 is 1.71 bits per heavy atom. The van der Waals surface area contributed by atoms with Gasteiger partial charge in [-0.3, -0.25) is 4.79 Å². The average Bonchev–Trinajstić information content (AvgIpc) is 3.05. The molecule has 116 valence electrons. The van der Waals surface area contributed by atoms with Crippen LogP contribution in [0.5, 0.6) is 0 Å². The van der Waals surface area contributed by atoms with Gasteiger partial charge in [-0.25, -0.2) is 4.98 Å². The molecule has 0 unspecified atom stereocenters. The molecule has 0 bridgehead atoms. The molecule has 4 aromatic rings. The summed E-state index contributed by atoms with van der Waals surface area (Å²) >= 11 is 3.47. The lowest BCUT2D eigenvalue weighted by atomic mass is 10.0. The standard InChI is InChI=1S/C20H13BrN2O/c21-16-8-4-7-15(11-16)20-22-17-10-9-14(12-18(17)23-20)19(24)13-5-2-1-3-6-13/h1-12H,(H,22,23). The second kappa shape index (κ2) is 6.06. The van der Waals surface area contributed by atoms with Gasteiger partial charge in [-0.15, -0.1) is 0 Å². The number of fused-ring (bicyclic) bond motifs is 1. The molecule has 4 rings (SSSR count). The van der Waals surface area contributed by atoms with Crippen LogP contribution in [-0.2, 0) is 0 Å². The number of nitrogens with zero attached hydrogens (tertiary/aromatic N) is 1. The van der Waals surface area contributed by atoms with E-state index in [1.165, 1.54) is 0 Å². The fourth-order valence-electron chi connectivity index (χ4n) is 2.68. The van der Waals surface area contributed by atoms with E-state index >= 15 is 0 Å². The largest absolute Gasteiger partial charge is 0.338 e. The van der Waals surface area contributed by atoms with Gasteiger partial charge >= 0.3 is 0 Å². The molecule has 4 heteroatoms. The fourth-order valence-corrected chi connectivity index (χ4v) is 3.08. The monoisotopic (exact) mass is 376 g/mol. The first-order valence-electron chi connectivity index (χ1n) is 7.56. The molecule has 1 heterocycles. The number of aromatic amines is 1. The van der Waals surface area contributed by atoms with Crippen LogP contribution in [0.15, 0.2) is 77.3 Å². The van der Waals surface area contributed by atoms with Gasteiger partial charge in [0.2, 0.25) is 0 Å². The normalized spacial score (nSPS) is 10.9. The number of benzene rings is 3. The summed E-state index contributed by atoms with van der Waals surface area (Å²) in [5, 5.41) is 0. The summed E-state index contributed by atoms with van der Waals surface area (Å²) in [4.78, 5) is 20.5. The molecule has 0 aliphatic carbocycles. The number of imidazole rings is 1. The number of ketones is 1. The van der Waals surface area contributed by atoms with Gasteiger partial charge in [0.15, 0.2) is 5.78 Å². The highest BCUT2D eigenvalue weighted by molar-refractivity contribution is 9.10. The van der Waals surface area contributed by atoms with E-state index in [-0.39, 0.29) is 5.78 Å². The minimum atomic E-state index is 0.0103. The highest BCUT2D eigenvalue weighted by atomic mass is 79.9. The van der Waals surface area contributed by atoms with Crippen molar-refractivity contribution in [3.05, 3.63) is 88.4 Å². The van der Waals surface area contributed by atoms with Crippen LogP contribution in [0.25, 0.3) is 22.4 Å². The molecular weight excluding hydrogens is 364 g/mol. The van der Waals surface area contributed by atoms with Crippen molar-refractivity contribution >= 4 is 32.7 Å². The van der Waals surface area contributed by atoms with Crippen molar-refractivity contribution in [1.29, 1.82) is 0 Å². The molecule has 0 atom stereocenters. The number of H-pyrrole nitrogens is 1. The van der Waals surface area contributed by atoms with Crippen LogP contribution in [0, 0.1) is 0 Å². The molecular formula is C20H13BrN2O. The van der Waals surface area contributed by atoms with Crippen LogP contribution in [-0.4, -0.2) is 15.8 Å². The number of rotatable bonds is 3. The zero-order valence-corrected chi connectivity index (χ0v) is 14.2. The minimum absolute atomic E-state index is 0.0103. The third-order valence-corrected chi connectivity index (χ3v) is 4.37. The van der Waals surface area contributed by atoms with Crippen molar-refractivity contribution in [2.45, 2.75) is 0 Å². The lowest BCUT2D eigenvalue weighted by Gasteiger charge is -2.00. The number of carbonyl (C=O) groups excluding carboxylic acids is 1. The molecule has 0 spiro atoms. The SMILES string of the molecule is O=C(c1ccccc1)c1ccc2nc(-c3cccc(Br)c3)[nH]c2c1. The number of hydrogen-bond donors (Lipinski definition) is 1. The third kappa shape index (κ3) is 2.76. The van der Waals surface area contributed by atoms with Gasteiger partial charge in [0.05, 0.1) is 11.0 Å². The second-order valence-electron chi connectivity index (χ2n) is 5.52. The predicted octanol–water partition coefficient (Wildman–Crippen LogP) is 5.22. The Morgan fingerprint density at radius 3 is 2.50 bits per heavy atom. The van der Waals surface area contributed by atoms with Crippen molar-refractivity contribution in [2.75, 3.05) is 0 Å². The molecule has 0 aliphatic rings. The van der Waals surface area contributed by atoms with Crippen molar-refractivity contribution in [3.8, 4) is 11.4 Å². The van der Waals surface area contributed by atoms with E-state index in [1.807, 2.05) is 72.8 Å². The molecule has 1 aromatic heterocycles. The highest BCUT2D eigenvalue weighted by Crippen LogP contribution is 2.24. The number of nitrogens with one attached hydrogen (secondary N) is 1. The van der Waals surface area contributed by atoms with Gasteiger partial charge in [-0.2, -0.15) is 0 Å². The Balaban J connectivity index is 1.75. The van der Waals surface area contributed by atoms with Crippen LogP contribution in [0.3, 0.4) is 0 Å². The van der Waals surface area contributed by atoms with Crippen LogP contribution in [0.2, 0.25) is 0 Å². The third-order valence-electron chi connectivity index (χ3n) is 3.88. The number of aromatic nitrogens is 2. The quantitative estimate of drug-likeness (QED) is 0.498. The molecule has 0 fully saturated rings. The summed E-state index contributed by atoms with van der Waals surface area (Å²) < 4.78 is 1.00. The van der Waals surface area contributed by atoms with Crippen LogP contribution in [0.4, 0.5) is 0 Å². The zero-order valence-electron chi connectivity index (χ0n) is 12.7. The Labute approximate surface area is 147 Å². The highest BCUT2D eigenvalue weighted by Gasteiger charge is 2.11. The Morgan fingerprint density at radius 1 is 0.875 bits per heavy atom. The van der Waals surface area contributed by atoms with Crippen LogP contribution < -0.4 is 0 Å². The van der Waals surface area contributed by atoms with E-state index in [1.54, 1.807) is 0 Å². The fraction of sp³-hybridized carbons (Fsp3) is 0. The van der Waals surface area contributed by atoms with Crippen molar-refractivity contribution in [3.63, 3.8) is 0 Å². The maximum atomic E-state index is 12.6. The first kappa shape index (κ1) is 14.8. The van der Waals surface area contributed by atoms with Gasteiger partial charge in [0, 0.05) is 21.2 Å². The molecule has 24 heavy (non-hydrogen) atoms. The lowest BCUT2D eigenvalue weighted by Crippen LogP contribution is -2.00. The molecule has 0 radical (unpaired) electrons. The lowest BCUT2D eigenvalue weighted by molar-refractivity contribution is 0.103. The molecule has 3 aromatic carbocycles. The van der Waals surface area contributed by atoms with Crippen molar-refractivity contribution < 1.29 is 4.79 Å². The Kier molecular flexibility index (Phi) is 3.75. The summed E-state index contributed by atoms with van der Waals surface area (Å²) in [5.74, 6) is 0.798. The van der Waals surface area contributed by atoms with Crippen molar-refractivity contribution in [2.24, 2.45) is 0 Å². The molecule has 3 nitrogen and oxygen atoms in total. The van der Waals surface area contributed by atoms with E-state index in [9.17, 15) is 4.79 Å². The molecule has 1 N–H and O–H groups in total. The summed E-state index contributed by atoms with van der Waals surface area (Å²) in [6.45, 7) is 0. The topological polar surface area (TPSA) is 45.8 Å². The number of carbonyl (C=O) groups is 1. The Hall–Kier alpha value is -2.72. The van der Waals surface area contributed by atoms with Gasteiger partial charge in [-0.05, 0) is 30.3 Å². The van der Waals surface area contributed by atoms with E-state index in [2.05, 4.69) is 25.9 Å². The van der Waals surface area contributed by atoms with Crippen LogP contribution in [0.1, 0.15) is 15.9 Å².